The Balaban J connectivity index is 1.72. The Kier molecular flexibility index (Phi) is 7.29. The number of carbonyl (C=O) groups is 1. The first-order valence-corrected chi connectivity index (χ1v) is 11.9. The monoisotopic (exact) mass is 436 g/mol. The molecule has 1 aliphatic carbocycles. The van der Waals surface area contributed by atoms with Gasteiger partial charge in [-0.25, -0.2) is 0 Å². The summed E-state index contributed by atoms with van der Waals surface area (Å²) in [6.45, 7) is 7.01. The van der Waals surface area contributed by atoms with E-state index in [1.165, 1.54) is 12.8 Å². The van der Waals surface area contributed by atoms with Gasteiger partial charge in [-0.1, -0.05) is 49.4 Å². The van der Waals surface area contributed by atoms with Crippen LogP contribution in [-0.2, 0) is 11.3 Å². The fourth-order valence-corrected chi connectivity index (χ4v) is 4.67. The number of ether oxygens (including phenoxy) is 1. The topological polar surface area (TPSA) is 53.0 Å². The van der Waals surface area contributed by atoms with Crippen molar-refractivity contribution in [2.45, 2.75) is 45.4 Å². The van der Waals surface area contributed by atoms with Crippen LogP contribution in [0.3, 0.4) is 0 Å². The normalized spacial score (nSPS) is 22.8. The Bertz CT molecular complexity index is 927. The summed E-state index contributed by atoms with van der Waals surface area (Å²) in [5, 5.41) is 9.92. The molecular formula is C27H36N2O3. The summed E-state index contributed by atoms with van der Waals surface area (Å²) in [6, 6.07) is 15.7. The Hall–Kier alpha value is -2.21. The number of carbonyl (C=O) groups excluding carboxylic acids is 1. The molecule has 1 saturated carbocycles. The first-order valence-electron chi connectivity index (χ1n) is 11.9. The maximum absolute atomic E-state index is 13.8. The Labute approximate surface area is 192 Å². The maximum Gasteiger partial charge on any atom is 0.254 e. The third kappa shape index (κ3) is 5.22. The quantitative estimate of drug-likeness (QED) is 0.742. The van der Waals surface area contributed by atoms with E-state index in [0.717, 1.165) is 35.7 Å². The highest BCUT2D eigenvalue weighted by Gasteiger charge is 2.31. The van der Waals surface area contributed by atoms with Gasteiger partial charge in [-0.05, 0) is 55.5 Å². The zero-order valence-electron chi connectivity index (χ0n) is 19.5. The largest absolute Gasteiger partial charge is 0.394 e. The van der Waals surface area contributed by atoms with Crippen molar-refractivity contribution in [2.24, 2.45) is 11.8 Å². The lowest BCUT2D eigenvalue weighted by atomic mass is 9.94. The SMILES string of the molecule is C[C@@H]1CN([C@@H](C)CO)C(=O)c2ccccc2-c2ccccc2CO[C@H]1CN(C)CC1CC1. The zero-order chi connectivity index (χ0) is 22.7. The minimum atomic E-state index is -0.265. The second-order valence-electron chi connectivity index (χ2n) is 9.68. The van der Waals surface area contributed by atoms with Gasteiger partial charge in [0.2, 0.25) is 0 Å². The van der Waals surface area contributed by atoms with Crippen LogP contribution in [-0.4, -0.2) is 66.2 Å². The third-order valence-electron chi connectivity index (χ3n) is 6.85. The molecule has 32 heavy (non-hydrogen) atoms. The molecule has 172 valence electrons. The van der Waals surface area contributed by atoms with Crippen molar-refractivity contribution in [3.05, 3.63) is 59.7 Å². The van der Waals surface area contributed by atoms with Crippen molar-refractivity contribution >= 4 is 5.91 Å². The molecule has 3 atom stereocenters. The molecule has 0 unspecified atom stereocenters. The molecule has 2 aromatic rings. The molecule has 1 fully saturated rings. The van der Waals surface area contributed by atoms with E-state index >= 15 is 0 Å². The number of hydrogen-bond donors (Lipinski definition) is 1. The summed E-state index contributed by atoms with van der Waals surface area (Å²) in [7, 11) is 2.17. The van der Waals surface area contributed by atoms with Gasteiger partial charge in [0.15, 0.2) is 0 Å². The van der Waals surface area contributed by atoms with Crippen molar-refractivity contribution in [1.29, 1.82) is 0 Å². The molecule has 5 nitrogen and oxygen atoms in total. The van der Waals surface area contributed by atoms with Gasteiger partial charge in [-0.2, -0.15) is 0 Å². The van der Waals surface area contributed by atoms with Crippen molar-refractivity contribution in [1.82, 2.24) is 9.80 Å². The Morgan fingerprint density at radius 3 is 2.41 bits per heavy atom. The molecule has 1 amide bonds. The van der Waals surface area contributed by atoms with Gasteiger partial charge in [0.25, 0.3) is 5.91 Å². The molecule has 2 aliphatic rings. The predicted octanol–water partition coefficient (Wildman–Crippen LogP) is 4.05. The van der Waals surface area contributed by atoms with Gasteiger partial charge in [-0.15, -0.1) is 0 Å². The summed E-state index contributed by atoms with van der Waals surface area (Å²) in [6.07, 6.45) is 2.65. The highest BCUT2D eigenvalue weighted by molar-refractivity contribution is 6.01. The maximum atomic E-state index is 13.8. The molecule has 1 N–H and O–H groups in total. The molecule has 5 heteroatoms. The van der Waals surface area contributed by atoms with Crippen LogP contribution >= 0.6 is 0 Å². The number of aliphatic hydroxyl groups is 1. The fourth-order valence-electron chi connectivity index (χ4n) is 4.67. The average molecular weight is 437 g/mol. The number of hydrogen-bond acceptors (Lipinski definition) is 4. The van der Waals surface area contributed by atoms with Crippen molar-refractivity contribution < 1.29 is 14.6 Å². The molecule has 2 aromatic carbocycles. The van der Waals surface area contributed by atoms with Crippen LogP contribution in [0, 0.1) is 11.8 Å². The first kappa shape index (κ1) is 23.0. The smallest absolute Gasteiger partial charge is 0.254 e. The van der Waals surface area contributed by atoms with Gasteiger partial charge < -0.3 is 19.6 Å². The van der Waals surface area contributed by atoms with E-state index in [1.807, 2.05) is 48.2 Å². The number of amides is 1. The highest BCUT2D eigenvalue weighted by Crippen LogP contribution is 2.32. The number of rotatable bonds is 6. The van der Waals surface area contributed by atoms with Gasteiger partial charge in [-0.3, -0.25) is 4.79 Å². The average Bonchev–Trinajstić information content (AvgIpc) is 3.62. The molecule has 0 spiro atoms. The van der Waals surface area contributed by atoms with E-state index in [1.54, 1.807) is 0 Å². The Morgan fingerprint density at radius 2 is 1.72 bits per heavy atom. The third-order valence-corrected chi connectivity index (χ3v) is 6.85. The number of nitrogens with zero attached hydrogens (tertiary/aromatic N) is 2. The van der Waals surface area contributed by atoms with Crippen LogP contribution in [0.25, 0.3) is 11.1 Å². The standard InChI is InChI=1S/C27H36N2O3/c1-19-14-29(20(2)17-30)27(31)25-11-7-6-10-24(25)23-9-5-4-8-22(23)18-32-26(19)16-28(3)15-21-12-13-21/h4-11,19-21,26,30H,12-18H2,1-3H3/t19-,20+,26+/m1/s1. The molecule has 0 bridgehead atoms. The number of likely N-dealkylation sites (N-methyl/N-ethyl adjacent to an activating group) is 1. The summed E-state index contributed by atoms with van der Waals surface area (Å²) >= 11 is 0. The fraction of sp³-hybridized carbons (Fsp3) is 0.519. The van der Waals surface area contributed by atoms with E-state index in [9.17, 15) is 9.90 Å². The highest BCUT2D eigenvalue weighted by atomic mass is 16.5. The summed E-state index contributed by atoms with van der Waals surface area (Å²) in [5.74, 6) is 0.920. The van der Waals surface area contributed by atoms with Gasteiger partial charge >= 0.3 is 0 Å². The van der Waals surface area contributed by atoms with Crippen LogP contribution in [0.15, 0.2) is 48.5 Å². The Morgan fingerprint density at radius 1 is 1.06 bits per heavy atom. The molecule has 0 aromatic heterocycles. The van der Waals surface area contributed by atoms with Crippen LogP contribution in [0.2, 0.25) is 0 Å². The van der Waals surface area contributed by atoms with E-state index in [0.29, 0.717) is 18.7 Å². The lowest BCUT2D eigenvalue weighted by molar-refractivity contribution is -0.0235. The van der Waals surface area contributed by atoms with Crippen LogP contribution in [0.4, 0.5) is 0 Å². The second-order valence-corrected chi connectivity index (χ2v) is 9.68. The molecule has 1 aliphatic heterocycles. The van der Waals surface area contributed by atoms with Crippen LogP contribution < -0.4 is 0 Å². The van der Waals surface area contributed by atoms with Gasteiger partial charge in [0.1, 0.15) is 0 Å². The second kappa shape index (κ2) is 10.2. The van der Waals surface area contributed by atoms with Crippen molar-refractivity contribution in [3.63, 3.8) is 0 Å². The van der Waals surface area contributed by atoms with Crippen molar-refractivity contribution in [2.75, 3.05) is 33.3 Å². The van der Waals surface area contributed by atoms with E-state index in [2.05, 4.69) is 31.0 Å². The first-order chi connectivity index (χ1) is 15.5. The number of fused-ring (bicyclic) bond motifs is 3. The molecule has 0 radical (unpaired) electrons. The van der Waals surface area contributed by atoms with Gasteiger partial charge in [0, 0.05) is 31.1 Å². The summed E-state index contributed by atoms with van der Waals surface area (Å²) in [4.78, 5) is 18.0. The molecule has 1 heterocycles. The lowest BCUT2D eigenvalue weighted by Crippen LogP contribution is -2.47. The summed E-state index contributed by atoms with van der Waals surface area (Å²) < 4.78 is 6.56. The van der Waals surface area contributed by atoms with Crippen LogP contribution in [0.1, 0.15) is 42.6 Å². The van der Waals surface area contributed by atoms with Crippen LogP contribution in [0.5, 0.6) is 0 Å². The van der Waals surface area contributed by atoms with E-state index in [-0.39, 0.29) is 30.6 Å². The predicted molar refractivity (Wildman–Crippen MR) is 127 cm³/mol. The van der Waals surface area contributed by atoms with E-state index in [4.69, 9.17) is 4.74 Å². The molecule has 0 saturated heterocycles. The molecule has 4 rings (SSSR count). The summed E-state index contributed by atoms with van der Waals surface area (Å²) in [5.41, 5.74) is 3.73. The minimum absolute atomic E-state index is 0.00536. The lowest BCUT2D eigenvalue weighted by Gasteiger charge is -2.35. The molecular weight excluding hydrogens is 400 g/mol. The minimum Gasteiger partial charge on any atom is -0.394 e. The number of benzene rings is 2. The number of aliphatic hydroxyl groups excluding tert-OH is 1. The van der Waals surface area contributed by atoms with Crippen molar-refractivity contribution in [3.8, 4) is 11.1 Å². The van der Waals surface area contributed by atoms with E-state index < -0.39 is 0 Å². The zero-order valence-corrected chi connectivity index (χ0v) is 19.5. The van der Waals surface area contributed by atoms with Gasteiger partial charge in [0.05, 0.1) is 25.4 Å².